The predicted molar refractivity (Wildman–Crippen MR) is 156 cm³/mol. The number of aromatic nitrogens is 2. The van der Waals surface area contributed by atoms with Gasteiger partial charge in [-0.3, -0.25) is 14.2 Å². The molecule has 2 aliphatic heterocycles. The summed E-state index contributed by atoms with van der Waals surface area (Å²) in [6, 6.07) is 13.3. The number of hydrogen-bond donors (Lipinski definition) is 0. The molecule has 0 aliphatic carbocycles. The Morgan fingerprint density at radius 1 is 1.07 bits per heavy atom. The van der Waals surface area contributed by atoms with Crippen LogP contribution >= 0.6 is 23.2 Å². The quantitative estimate of drug-likeness (QED) is 0.294. The summed E-state index contributed by atoms with van der Waals surface area (Å²) in [5.74, 6) is -2.22. The average molecular weight is 646 g/mol. The van der Waals surface area contributed by atoms with E-state index in [0.717, 1.165) is 0 Å². The van der Waals surface area contributed by atoms with Gasteiger partial charge in [0.2, 0.25) is 5.95 Å². The fourth-order valence-corrected chi connectivity index (χ4v) is 7.42. The van der Waals surface area contributed by atoms with E-state index in [0.29, 0.717) is 16.8 Å². The summed E-state index contributed by atoms with van der Waals surface area (Å²) < 4.78 is 35.5. The van der Waals surface area contributed by atoms with Crippen molar-refractivity contribution in [2.75, 3.05) is 37.7 Å². The highest BCUT2D eigenvalue weighted by molar-refractivity contribution is 7.89. The van der Waals surface area contributed by atoms with Gasteiger partial charge in [0, 0.05) is 42.6 Å². The summed E-state index contributed by atoms with van der Waals surface area (Å²) in [6.07, 6.45) is 1.28. The van der Waals surface area contributed by atoms with Gasteiger partial charge in [0.25, 0.3) is 15.9 Å². The lowest BCUT2D eigenvalue weighted by Crippen LogP contribution is -2.52. The van der Waals surface area contributed by atoms with Crippen molar-refractivity contribution in [2.24, 2.45) is 0 Å². The van der Waals surface area contributed by atoms with E-state index >= 15 is 0 Å². The molecule has 1 aromatic heterocycles. The topological polar surface area (TPSA) is 146 Å². The van der Waals surface area contributed by atoms with Crippen molar-refractivity contribution in [3.8, 4) is 6.07 Å². The number of carbonyl (C=O) groups excluding carboxylic acids is 3. The van der Waals surface area contributed by atoms with Gasteiger partial charge >= 0.3 is 11.9 Å². The highest BCUT2D eigenvalue weighted by atomic mass is 35.5. The first kappa shape index (κ1) is 30.5. The molecule has 0 radical (unpaired) electrons. The molecular weight excluding hydrogens is 619 g/mol. The summed E-state index contributed by atoms with van der Waals surface area (Å²) in [6.45, 7) is 3.05. The Morgan fingerprint density at radius 2 is 1.70 bits per heavy atom. The van der Waals surface area contributed by atoms with Crippen LogP contribution in [0.3, 0.4) is 0 Å². The van der Waals surface area contributed by atoms with Crippen LogP contribution in [0.25, 0.3) is 0 Å². The highest BCUT2D eigenvalue weighted by Crippen LogP contribution is 2.44. The number of imidazole rings is 1. The van der Waals surface area contributed by atoms with Crippen molar-refractivity contribution in [3.05, 3.63) is 69.8 Å². The molecule has 224 valence electrons. The highest BCUT2D eigenvalue weighted by Gasteiger charge is 2.52. The van der Waals surface area contributed by atoms with Gasteiger partial charge in [0.05, 0.1) is 30.1 Å². The molecule has 0 saturated carbocycles. The zero-order valence-electron chi connectivity index (χ0n) is 23.2. The van der Waals surface area contributed by atoms with Crippen LogP contribution in [0.1, 0.15) is 25.0 Å². The van der Waals surface area contributed by atoms with Crippen LogP contribution in [-0.2, 0) is 41.1 Å². The molecule has 43 heavy (non-hydrogen) atoms. The van der Waals surface area contributed by atoms with E-state index in [4.69, 9.17) is 27.9 Å². The molecule has 0 spiro atoms. The monoisotopic (exact) mass is 644 g/mol. The van der Waals surface area contributed by atoms with E-state index in [2.05, 4.69) is 11.1 Å². The van der Waals surface area contributed by atoms with E-state index < -0.39 is 33.3 Å². The van der Waals surface area contributed by atoms with E-state index in [9.17, 15) is 28.1 Å². The number of carbonyl (C=O) groups is 3. The third kappa shape index (κ3) is 5.47. The molecule has 5 rings (SSSR count). The molecule has 15 heteroatoms. The maximum Gasteiger partial charge on any atom is 0.397 e. The Balaban J connectivity index is 1.54. The Kier molecular flexibility index (Phi) is 8.24. The number of rotatable bonds is 6. The van der Waals surface area contributed by atoms with Gasteiger partial charge in [0.15, 0.2) is 5.03 Å². The van der Waals surface area contributed by atoms with Crippen LogP contribution in [0.15, 0.2) is 53.7 Å². The zero-order valence-corrected chi connectivity index (χ0v) is 25.5. The van der Waals surface area contributed by atoms with Crippen LogP contribution in [0.2, 0.25) is 10.0 Å². The number of nitriles is 1. The largest absolute Gasteiger partial charge is 0.459 e. The number of amides is 2. The van der Waals surface area contributed by atoms with Gasteiger partial charge in [-0.1, -0.05) is 35.3 Å². The molecule has 0 unspecified atom stereocenters. The standard InChI is InChI=1S/C28H26Cl2N6O6S/c1-3-42-25(38)24(37)33-8-10-34(11-9-33)43(40,41)23-17-32-27-35(22-13-20(29)12-21(30)14-22)26(39)28(2,36(23)27)15-18-4-6-19(16-31)7-5-18/h4-7,12-14,17H,3,8-11,15H2,1-2H3/t28-/m1/s1. The minimum Gasteiger partial charge on any atom is -0.459 e. The number of anilines is 2. The summed E-state index contributed by atoms with van der Waals surface area (Å²) in [5.41, 5.74) is -0.0179. The first-order valence-electron chi connectivity index (χ1n) is 13.2. The number of benzene rings is 2. The van der Waals surface area contributed by atoms with Crippen LogP contribution in [0.5, 0.6) is 0 Å². The maximum absolute atomic E-state index is 14.2. The molecule has 1 fully saturated rings. The summed E-state index contributed by atoms with van der Waals surface area (Å²) in [5, 5.41) is 9.54. The third-order valence-corrected chi connectivity index (χ3v) is 9.68. The first-order chi connectivity index (χ1) is 20.4. The van der Waals surface area contributed by atoms with E-state index in [1.165, 1.54) is 43.1 Å². The number of fused-ring (bicyclic) bond motifs is 1. The van der Waals surface area contributed by atoms with Crippen molar-refractivity contribution in [2.45, 2.75) is 30.8 Å². The number of halogens is 2. The number of sulfonamides is 1. The molecule has 0 bridgehead atoms. The van der Waals surface area contributed by atoms with Gasteiger partial charge in [-0.25, -0.2) is 23.1 Å². The number of piperazine rings is 1. The van der Waals surface area contributed by atoms with Gasteiger partial charge < -0.3 is 9.64 Å². The predicted octanol–water partition coefficient (Wildman–Crippen LogP) is 3.09. The molecule has 3 aromatic rings. The second-order valence-corrected chi connectivity index (χ2v) is 12.9. The smallest absolute Gasteiger partial charge is 0.397 e. The Labute approximate surface area is 258 Å². The van der Waals surface area contributed by atoms with Crippen molar-refractivity contribution < 1.29 is 27.5 Å². The maximum atomic E-state index is 14.2. The van der Waals surface area contributed by atoms with E-state index in [1.54, 1.807) is 38.1 Å². The summed E-state index contributed by atoms with van der Waals surface area (Å²) in [7, 11) is -4.24. The van der Waals surface area contributed by atoms with Gasteiger partial charge in [-0.2, -0.15) is 9.57 Å². The fourth-order valence-electron chi connectivity index (χ4n) is 5.29. The molecule has 12 nitrogen and oxygen atoms in total. The first-order valence-corrected chi connectivity index (χ1v) is 15.4. The van der Waals surface area contributed by atoms with Crippen molar-refractivity contribution in [1.82, 2.24) is 18.8 Å². The Morgan fingerprint density at radius 3 is 2.28 bits per heavy atom. The Hall–Kier alpha value is -3.96. The van der Waals surface area contributed by atoms with Gasteiger partial charge in [-0.05, 0) is 49.7 Å². The van der Waals surface area contributed by atoms with Crippen molar-refractivity contribution in [1.29, 1.82) is 5.26 Å². The van der Waals surface area contributed by atoms with E-state index in [1.807, 2.05) is 0 Å². The minimum atomic E-state index is -4.24. The fraction of sp³-hybridized carbons (Fsp3) is 0.321. The molecule has 0 N–H and O–H groups in total. The third-order valence-electron chi connectivity index (χ3n) is 7.39. The molecule has 2 aromatic carbocycles. The lowest BCUT2D eigenvalue weighted by Gasteiger charge is -2.34. The Bertz CT molecular complexity index is 1740. The summed E-state index contributed by atoms with van der Waals surface area (Å²) >= 11 is 12.5. The van der Waals surface area contributed by atoms with Crippen LogP contribution in [-0.4, -0.2) is 77.7 Å². The normalized spacial score (nSPS) is 18.8. The van der Waals surface area contributed by atoms with Gasteiger partial charge in [-0.15, -0.1) is 0 Å². The van der Waals surface area contributed by atoms with Crippen LogP contribution < -0.4 is 4.90 Å². The van der Waals surface area contributed by atoms with Crippen molar-refractivity contribution in [3.63, 3.8) is 0 Å². The number of esters is 1. The summed E-state index contributed by atoms with van der Waals surface area (Å²) in [4.78, 5) is 45.4. The zero-order chi connectivity index (χ0) is 31.1. The number of hydrogen-bond acceptors (Lipinski definition) is 8. The second kappa shape index (κ2) is 11.6. The number of ether oxygens (including phenoxy) is 1. The van der Waals surface area contributed by atoms with Crippen LogP contribution in [0.4, 0.5) is 11.6 Å². The molecule has 1 saturated heterocycles. The SMILES string of the molecule is CCOC(=O)C(=O)N1CCN(S(=O)(=O)c2cnc3n2[C@](C)(Cc2ccc(C#N)cc2)C(=O)N3c2cc(Cl)cc(Cl)c2)CC1. The lowest BCUT2D eigenvalue weighted by molar-refractivity contribution is -0.160. The molecule has 3 heterocycles. The van der Waals surface area contributed by atoms with E-state index in [-0.39, 0.29) is 60.2 Å². The minimum absolute atomic E-state index is 0.0214. The average Bonchev–Trinajstić information content (AvgIpc) is 3.51. The van der Waals surface area contributed by atoms with Crippen LogP contribution in [0, 0.1) is 11.3 Å². The molecule has 2 amide bonds. The van der Waals surface area contributed by atoms with Crippen molar-refractivity contribution >= 4 is 62.6 Å². The lowest BCUT2D eigenvalue weighted by atomic mass is 9.91. The molecular formula is C28H26Cl2N6O6S. The second-order valence-electron chi connectivity index (χ2n) is 10.2. The van der Waals surface area contributed by atoms with Gasteiger partial charge in [0.1, 0.15) is 5.54 Å². The number of nitrogens with zero attached hydrogens (tertiary/aromatic N) is 6. The molecule has 2 aliphatic rings. The molecule has 1 atom stereocenters.